The summed E-state index contributed by atoms with van der Waals surface area (Å²) >= 11 is 3.35. The van der Waals surface area contributed by atoms with E-state index >= 15 is 0 Å². The molecule has 0 fully saturated rings. The summed E-state index contributed by atoms with van der Waals surface area (Å²) in [6.07, 6.45) is 0. The van der Waals surface area contributed by atoms with Crippen LogP contribution in [0, 0.1) is 29.6 Å². The molecule has 0 saturated heterocycles. The van der Waals surface area contributed by atoms with Crippen LogP contribution < -0.4 is 11.5 Å². The van der Waals surface area contributed by atoms with Crippen LogP contribution in [0.4, 0.5) is 11.6 Å². The van der Waals surface area contributed by atoms with E-state index in [1.54, 1.807) is 0 Å². The van der Waals surface area contributed by atoms with Crippen LogP contribution in [0.2, 0.25) is 0 Å². The van der Waals surface area contributed by atoms with Gasteiger partial charge in [0.15, 0.2) is 0 Å². The molecule has 0 saturated carbocycles. The van der Waals surface area contributed by atoms with Crippen LogP contribution in [0.3, 0.4) is 0 Å². The lowest BCUT2D eigenvalue weighted by Crippen LogP contribution is -1.99. The maximum atomic E-state index is 9.40. The van der Waals surface area contributed by atoms with E-state index in [0.29, 0.717) is 15.6 Å². The Morgan fingerprint density at radius 2 is 1.21 bits per heavy atom. The topological polar surface area (TPSA) is 125 Å². The molecule has 34 heavy (non-hydrogen) atoms. The van der Waals surface area contributed by atoms with E-state index in [2.05, 4.69) is 32.0 Å². The molecule has 0 aliphatic rings. The van der Waals surface area contributed by atoms with Gasteiger partial charge in [0.05, 0.1) is 11.0 Å². The number of aryl methyl sites for hydroxylation is 1. The quantitative estimate of drug-likeness (QED) is 0.282. The molecular formula is C27H19BrN6. The Morgan fingerprint density at radius 1 is 0.706 bits per heavy atom. The molecule has 0 atom stereocenters. The Hall–Kier alpha value is -4.46. The summed E-state index contributed by atoms with van der Waals surface area (Å²) in [5.74, 6) is 0.542. The summed E-state index contributed by atoms with van der Waals surface area (Å²) < 4.78 is 0.711. The first kappa shape index (κ1) is 22.7. The van der Waals surface area contributed by atoms with Gasteiger partial charge in [0.1, 0.15) is 34.9 Å². The number of pyridine rings is 2. The van der Waals surface area contributed by atoms with Crippen molar-refractivity contribution in [2.24, 2.45) is 0 Å². The van der Waals surface area contributed by atoms with Gasteiger partial charge in [-0.05, 0) is 40.5 Å². The largest absolute Gasteiger partial charge is 0.383 e. The Labute approximate surface area is 205 Å². The highest BCUT2D eigenvalue weighted by Crippen LogP contribution is 2.33. The van der Waals surface area contributed by atoms with Gasteiger partial charge in [-0.25, -0.2) is 9.97 Å². The van der Waals surface area contributed by atoms with Crippen LogP contribution in [0.1, 0.15) is 16.7 Å². The maximum Gasteiger partial charge on any atom is 0.143 e. The highest BCUT2D eigenvalue weighted by Gasteiger charge is 2.14. The van der Waals surface area contributed by atoms with Gasteiger partial charge in [-0.3, -0.25) is 0 Å². The molecule has 2 heterocycles. The number of hydrogen-bond acceptors (Lipinski definition) is 6. The molecule has 0 aliphatic heterocycles. The van der Waals surface area contributed by atoms with Crippen molar-refractivity contribution in [1.29, 1.82) is 10.5 Å². The molecule has 0 radical (unpaired) electrons. The summed E-state index contributed by atoms with van der Waals surface area (Å²) in [6, 6.07) is 27.6. The van der Waals surface area contributed by atoms with E-state index in [4.69, 9.17) is 16.7 Å². The third-order valence-electron chi connectivity index (χ3n) is 5.34. The van der Waals surface area contributed by atoms with E-state index in [1.165, 1.54) is 5.56 Å². The molecule has 7 heteroatoms. The zero-order valence-corrected chi connectivity index (χ0v) is 19.8. The monoisotopic (exact) mass is 506 g/mol. The molecule has 164 valence electrons. The summed E-state index contributed by atoms with van der Waals surface area (Å²) in [4.78, 5) is 8.44. The van der Waals surface area contributed by atoms with Gasteiger partial charge in [-0.1, -0.05) is 66.2 Å². The van der Waals surface area contributed by atoms with Gasteiger partial charge in [-0.2, -0.15) is 10.5 Å². The fourth-order valence-corrected chi connectivity index (χ4v) is 4.29. The second-order valence-electron chi connectivity index (χ2n) is 7.56. The van der Waals surface area contributed by atoms with E-state index in [0.717, 1.165) is 32.9 Å². The SMILES string of the molecule is Cc1ccc(-c2c(C#N)c(N)nc3ccccc23)cc1.N#Cc1c(N)nc2ccccc2c1Br. The smallest absolute Gasteiger partial charge is 0.143 e. The number of nitrogens with zero attached hydrogens (tertiary/aromatic N) is 4. The second-order valence-corrected chi connectivity index (χ2v) is 8.35. The van der Waals surface area contributed by atoms with E-state index in [9.17, 15) is 5.26 Å². The lowest BCUT2D eigenvalue weighted by atomic mass is 9.95. The summed E-state index contributed by atoms with van der Waals surface area (Å²) in [7, 11) is 0. The molecule has 0 bridgehead atoms. The lowest BCUT2D eigenvalue weighted by molar-refractivity contribution is 1.36. The van der Waals surface area contributed by atoms with Crippen LogP contribution in [0.25, 0.3) is 32.9 Å². The second kappa shape index (κ2) is 9.58. The summed E-state index contributed by atoms with van der Waals surface area (Å²) in [5, 5.41) is 20.1. The number of rotatable bonds is 1. The first-order chi connectivity index (χ1) is 16.4. The molecule has 6 nitrogen and oxygen atoms in total. The average molecular weight is 507 g/mol. The van der Waals surface area contributed by atoms with Crippen molar-refractivity contribution >= 4 is 49.4 Å². The highest BCUT2D eigenvalue weighted by atomic mass is 79.9. The van der Waals surface area contributed by atoms with Crippen LogP contribution in [-0.4, -0.2) is 9.97 Å². The standard InChI is InChI=1S/C17H13N3.C10H6BrN3/c1-11-6-8-12(9-7-11)16-13-4-2-3-5-15(13)20-17(19)14(16)10-18;11-9-6-3-1-2-4-8(6)14-10(13)7(9)5-12/h2-9H,1H3,(H2,19,20);1-4H,(H2,13,14). The van der Waals surface area contributed by atoms with E-state index in [-0.39, 0.29) is 11.6 Å². The lowest BCUT2D eigenvalue weighted by Gasteiger charge is -2.11. The number of benzene rings is 3. The minimum Gasteiger partial charge on any atom is -0.383 e. The number of halogens is 1. The van der Waals surface area contributed by atoms with Gasteiger partial charge < -0.3 is 11.5 Å². The van der Waals surface area contributed by atoms with E-state index < -0.39 is 0 Å². The molecule has 3 aromatic carbocycles. The van der Waals surface area contributed by atoms with Gasteiger partial charge in [0.25, 0.3) is 0 Å². The molecule has 0 spiro atoms. The third-order valence-corrected chi connectivity index (χ3v) is 6.17. The predicted octanol–water partition coefficient (Wildman–Crippen LogP) is 6.12. The number of anilines is 2. The molecule has 5 rings (SSSR count). The summed E-state index contributed by atoms with van der Waals surface area (Å²) in [6.45, 7) is 2.04. The van der Waals surface area contributed by atoms with Crippen molar-refractivity contribution < 1.29 is 0 Å². The third kappa shape index (κ3) is 4.25. The van der Waals surface area contributed by atoms with Crippen molar-refractivity contribution in [3.8, 4) is 23.3 Å². The molecule has 5 aromatic rings. The van der Waals surface area contributed by atoms with Crippen LogP contribution in [0.15, 0.2) is 77.3 Å². The minimum atomic E-state index is 0.262. The van der Waals surface area contributed by atoms with Crippen molar-refractivity contribution in [2.75, 3.05) is 11.5 Å². The molecule has 0 amide bonds. The number of hydrogen-bond donors (Lipinski definition) is 2. The molecule has 2 aromatic heterocycles. The number of aromatic nitrogens is 2. The van der Waals surface area contributed by atoms with Crippen molar-refractivity contribution in [2.45, 2.75) is 6.92 Å². The zero-order chi connectivity index (χ0) is 24.2. The number of para-hydroxylation sites is 2. The Morgan fingerprint density at radius 3 is 1.79 bits per heavy atom. The van der Waals surface area contributed by atoms with Crippen molar-refractivity contribution in [1.82, 2.24) is 9.97 Å². The van der Waals surface area contributed by atoms with Crippen molar-refractivity contribution in [3.63, 3.8) is 0 Å². The van der Waals surface area contributed by atoms with E-state index in [1.807, 2.05) is 85.8 Å². The van der Waals surface area contributed by atoms with Gasteiger partial charge >= 0.3 is 0 Å². The van der Waals surface area contributed by atoms with Crippen molar-refractivity contribution in [3.05, 3.63) is 94.0 Å². The highest BCUT2D eigenvalue weighted by molar-refractivity contribution is 9.10. The number of nitrogens with two attached hydrogens (primary N) is 2. The predicted molar refractivity (Wildman–Crippen MR) is 140 cm³/mol. The fourth-order valence-electron chi connectivity index (χ4n) is 3.66. The molecule has 4 N–H and O–H groups in total. The van der Waals surface area contributed by atoms with Crippen LogP contribution in [0.5, 0.6) is 0 Å². The fraction of sp³-hybridized carbons (Fsp3) is 0.0370. The summed E-state index contributed by atoms with van der Waals surface area (Å²) in [5.41, 5.74) is 17.0. The molecule has 0 aliphatic carbocycles. The molecule has 0 unspecified atom stereocenters. The zero-order valence-electron chi connectivity index (χ0n) is 18.2. The Kier molecular flexibility index (Phi) is 6.40. The van der Waals surface area contributed by atoms with Crippen LogP contribution in [-0.2, 0) is 0 Å². The maximum absolute atomic E-state index is 9.40. The Balaban J connectivity index is 0.000000172. The van der Waals surface area contributed by atoms with Gasteiger partial charge in [0, 0.05) is 20.8 Å². The number of fused-ring (bicyclic) bond motifs is 2. The van der Waals surface area contributed by atoms with Gasteiger partial charge in [0.2, 0.25) is 0 Å². The average Bonchev–Trinajstić information content (AvgIpc) is 2.84. The first-order valence-electron chi connectivity index (χ1n) is 10.3. The Bertz CT molecular complexity index is 1610. The number of nitriles is 2. The van der Waals surface area contributed by atoms with Gasteiger partial charge in [-0.15, -0.1) is 0 Å². The normalized spacial score (nSPS) is 10.2. The number of nitrogen functional groups attached to an aromatic ring is 2. The first-order valence-corrected chi connectivity index (χ1v) is 11.1. The molecular weight excluding hydrogens is 488 g/mol. The minimum absolute atomic E-state index is 0.262. The van der Waals surface area contributed by atoms with Crippen LogP contribution >= 0.6 is 15.9 Å².